The minimum Gasteiger partial charge on any atom is -0.310 e. The highest BCUT2D eigenvalue weighted by molar-refractivity contribution is 7.71. The van der Waals surface area contributed by atoms with E-state index in [1.54, 1.807) is 12.3 Å². The van der Waals surface area contributed by atoms with Crippen molar-refractivity contribution in [2.45, 2.75) is 45.7 Å². The first-order valence-electron chi connectivity index (χ1n) is 11.4. The van der Waals surface area contributed by atoms with Gasteiger partial charge in [0.2, 0.25) is 5.91 Å². The van der Waals surface area contributed by atoms with Crippen molar-refractivity contribution in [3.63, 3.8) is 0 Å². The largest absolute Gasteiger partial charge is 0.310 e. The van der Waals surface area contributed by atoms with E-state index in [1.807, 2.05) is 28.4 Å². The van der Waals surface area contributed by atoms with Crippen LogP contribution in [-0.2, 0) is 23.9 Å². The number of likely N-dealkylation sites (tertiary alicyclic amines) is 1. The molecule has 1 aliphatic heterocycles. The molecule has 1 aromatic carbocycles. The zero-order valence-electron chi connectivity index (χ0n) is 19.8. The van der Waals surface area contributed by atoms with E-state index < -0.39 is 0 Å². The predicted octanol–water partition coefficient (Wildman–Crippen LogP) is 4.62. The molecule has 2 aromatic heterocycles. The van der Waals surface area contributed by atoms with Crippen LogP contribution in [0.15, 0.2) is 48.7 Å². The Balaban J connectivity index is 1.46. The Hall–Kier alpha value is -2.84. The lowest BCUT2D eigenvalue weighted by molar-refractivity contribution is -0.121. The molecule has 174 valence electrons. The predicted molar refractivity (Wildman–Crippen MR) is 133 cm³/mol. The minimum atomic E-state index is -0.0805. The summed E-state index contributed by atoms with van der Waals surface area (Å²) < 4.78 is 4.49. The summed E-state index contributed by atoms with van der Waals surface area (Å²) in [6.45, 7) is 8.79. The Morgan fingerprint density at radius 2 is 1.94 bits per heavy atom. The van der Waals surface area contributed by atoms with Gasteiger partial charge >= 0.3 is 0 Å². The van der Waals surface area contributed by atoms with Gasteiger partial charge in [-0.3, -0.25) is 9.69 Å². The van der Waals surface area contributed by atoms with E-state index >= 15 is 0 Å². The van der Waals surface area contributed by atoms with Crippen LogP contribution in [0, 0.1) is 10.7 Å². The zero-order valence-corrected chi connectivity index (χ0v) is 20.6. The standard InChI is InChI=1S/C25H32N6OS/c1-25(2,3)20-12-10-18(11-13-20)22-28-31(24(33)29(22)4)17-30-15-7-8-19(16-30)23(32)27-21-9-5-6-14-26-21/h5-6,9-14,19H,7-8,15-17H2,1-4H3,(H,26,27,32)/t19-/m1/s1. The summed E-state index contributed by atoms with van der Waals surface area (Å²) in [6.07, 6.45) is 3.51. The van der Waals surface area contributed by atoms with Crippen LogP contribution in [0.3, 0.4) is 0 Å². The number of amides is 1. The summed E-state index contributed by atoms with van der Waals surface area (Å²) in [5.41, 5.74) is 2.44. The second kappa shape index (κ2) is 9.57. The molecule has 1 saturated heterocycles. The molecule has 7 nitrogen and oxygen atoms in total. The number of rotatable bonds is 5. The highest BCUT2D eigenvalue weighted by atomic mass is 32.1. The number of nitrogens with one attached hydrogen (secondary N) is 1. The molecule has 0 aliphatic carbocycles. The Labute approximate surface area is 200 Å². The molecule has 0 spiro atoms. The lowest BCUT2D eigenvalue weighted by Gasteiger charge is -2.31. The van der Waals surface area contributed by atoms with Gasteiger partial charge < -0.3 is 9.88 Å². The van der Waals surface area contributed by atoms with E-state index in [0.717, 1.165) is 30.8 Å². The number of pyridine rings is 1. The SMILES string of the molecule is Cn1c(-c2ccc(C(C)(C)C)cc2)nn(CN2CCC[C@@H](C(=O)Nc3ccccn3)C2)c1=S. The highest BCUT2D eigenvalue weighted by Gasteiger charge is 2.27. The second-order valence-electron chi connectivity index (χ2n) is 9.75. The molecule has 1 amide bonds. The topological polar surface area (TPSA) is 68.0 Å². The fourth-order valence-electron chi connectivity index (χ4n) is 4.20. The normalized spacial score (nSPS) is 17.2. The van der Waals surface area contributed by atoms with Crippen LogP contribution in [0.25, 0.3) is 11.4 Å². The maximum Gasteiger partial charge on any atom is 0.229 e. The summed E-state index contributed by atoms with van der Waals surface area (Å²) in [5, 5.41) is 7.76. The molecule has 0 bridgehead atoms. The van der Waals surface area contributed by atoms with Crippen molar-refractivity contribution in [2.75, 3.05) is 18.4 Å². The molecule has 3 aromatic rings. The van der Waals surface area contributed by atoms with E-state index in [1.165, 1.54) is 5.56 Å². The molecule has 4 rings (SSSR count). The van der Waals surface area contributed by atoms with Crippen LogP contribution < -0.4 is 5.32 Å². The molecule has 0 saturated carbocycles. The van der Waals surface area contributed by atoms with Crippen LogP contribution in [-0.4, -0.2) is 43.2 Å². The molecule has 8 heteroatoms. The van der Waals surface area contributed by atoms with Gasteiger partial charge in [-0.05, 0) is 54.7 Å². The average Bonchev–Trinajstić information content (AvgIpc) is 3.08. The summed E-state index contributed by atoms with van der Waals surface area (Å²) in [5.74, 6) is 1.38. The first kappa shape index (κ1) is 23.3. The van der Waals surface area contributed by atoms with Gasteiger partial charge in [0.15, 0.2) is 10.6 Å². The van der Waals surface area contributed by atoms with Crippen molar-refractivity contribution in [3.8, 4) is 11.4 Å². The van der Waals surface area contributed by atoms with Gasteiger partial charge in [-0.15, -0.1) is 0 Å². The Kier molecular flexibility index (Phi) is 6.76. The second-order valence-corrected chi connectivity index (χ2v) is 10.1. The number of nitrogens with zero attached hydrogens (tertiary/aromatic N) is 5. The number of piperidine rings is 1. The smallest absolute Gasteiger partial charge is 0.229 e. The molecular formula is C25H32N6OS. The number of hydrogen-bond donors (Lipinski definition) is 1. The van der Waals surface area contributed by atoms with Crippen LogP contribution in [0.1, 0.15) is 39.2 Å². The van der Waals surface area contributed by atoms with Crippen molar-refractivity contribution in [3.05, 3.63) is 59.0 Å². The van der Waals surface area contributed by atoms with Crippen molar-refractivity contribution >= 4 is 23.9 Å². The molecule has 1 atom stereocenters. The van der Waals surface area contributed by atoms with E-state index in [0.29, 0.717) is 23.8 Å². The maximum atomic E-state index is 12.7. The van der Waals surface area contributed by atoms with Crippen molar-refractivity contribution < 1.29 is 4.79 Å². The molecule has 3 heterocycles. The first-order valence-corrected chi connectivity index (χ1v) is 11.8. The molecule has 1 aliphatic rings. The third-order valence-electron chi connectivity index (χ3n) is 6.18. The van der Waals surface area contributed by atoms with Crippen LogP contribution >= 0.6 is 12.2 Å². The van der Waals surface area contributed by atoms with Crippen molar-refractivity contribution in [1.29, 1.82) is 0 Å². The number of carbonyl (C=O) groups excluding carboxylic acids is 1. The zero-order chi connectivity index (χ0) is 23.6. The summed E-state index contributed by atoms with van der Waals surface area (Å²) in [7, 11) is 1.96. The van der Waals surface area contributed by atoms with Gasteiger partial charge in [-0.25, -0.2) is 9.67 Å². The number of aromatic nitrogens is 4. The van der Waals surface area contributed by atoms with E-state index in [2.05, 4.69) is 60.2 Å². The van der Waals surface area contributed by atoms with Crippen LogP contribution in [0.2, 0.25) is 0 Å². The lowest BCUT2D eigenvalue weighted by atomic mass is 9.87. The molecule has 1 fully saturated rings. The third-order valence-corrected chi connectivity index (χ3v) is 6.66. The number of carbonyl (C=O) groups is 1. The van der Waals surface area contributed by atoms with Gasteiger partial charge in [0.1, 0.15) is 5.82 Å². The van der Waals surface area contributed by atoms with Crippen LogP contribution in [0.4, 0.5) is 5.82 Å². The summed E-state index contributed by atoms with van der Waals surface area (Å²) >= 11 is 5.68. The molecular weight excluding hydrogens is 432 g/mol. The van der Waals surface area contributed by atoms with Gasteiger partial charge in [0.05, 0.1) is 12.6 Å². The number of benzene rings is 1. The highest BCUT2D eigenvalue weighted by Crippen LogP contribution is 2.26. The maximum absolute atomic E-state index is 12.7. The van der Waals surface area contributed by atoms with Crippen LogP contribution in [0.5, 0.6) is 0 Å². The van der Waals surface area contributed by atoms with Gasteiger partial charge in [0, 0.05) is 25.4 Å². The molecule has 0 unspecified atom stereocenters. The van der Waals surface area contributed by atoms with E-state index in [9.17, 15) is 4.79 Å². The number of hydrogen-bond acceptors (Lipinski definition) is 5. The minimum absolute atomic E-state index is 0.0163. The quantitative estimate of drug-likeness (QED) is 0.558. The Morgan fingerprint density at radius 3 is 2.61 bits per heavy atom. The van der Waals surface area contributed by atoms with Crippen molar-refractivity contribution in [2.24, 2.45) is 13.0 Å². The van der Waals surface area contributed by atoms with Gasteiger partial charge in [-0.2, -0.15) is 5.10 Å². The fourth-order valence-corrected chi connectivity index (χ4v) is 4.39. The molecule has 0 radical (unpaired) electrons. The van der Waals surface area contributed by atoms with E-state index in [-0.39, 0.29) is 17.2 Å². The summed E-state index contributed by atoms with van der Waals surface area (Å²) in [6, 6.07) is 14.1. The lowest BCUT2D eigenvalue weighted by Crippen LogP contribution is -2.41. The molecule has 1 N–H and O–H groups in total. The monoisotopic (exact) mass is 464 g/mol. The Bertz CT molecular complexity index is 1160. The van der Waals surface area contributed by atoms with E-state index in [4.69, 9.17) is 17.3 Å². The van der Waals surface area contributed by atoms with Gasteiger partial charge in [-0.1, -0.05) is 51.1 Å². The van der Waals surface area contributed by atoms with Gasteiger partial charge in [0.25, 0.3) is 0 Å². The first-order chi connectivity index (χ1) is 15.7. The fraction of sp³-hybridized carbons (Fsp3) is 0.440. The van der Waals surface area contributed by atoms with Crippen molar-refractivity contribution in [1.82, 2.24) is 24.2 Å². The summed E-state index contributed by atoms with van der Waals surface area (Å²) in [4.78, 5) is 19.2. The molecule has 33 heavy (non-hydrogen) atoms. The number of anilines is 1. The Morgan fingerprint density at radius 1 is 1.18 bits per heavy atom. The average molecular weight is 465 g/mol. The third kappa shape index (κ3) is 5.39.